The van der Waals surface area contributed by atoms with Gasteiger partial charge in [0.05, 0.1) is 12.7 Å². The van der Waals surface area contributed by atoms with Crippen molar-refractivity contribution in [3.63, 3.8) is 0 Å². The van der Waals surface area contributed by atoms with Gasteiger partial charge < -0.3 is 5.09 Å². The molecule has 0 heterocycles. The molecule has 200 valence electrons. The van der Waals surface area contributed by atoms with Crippen molar-refractivity contribution in [2.45, 2.75) is 0 Å². The van der Waals surface area contributed by atoms with E-state index in [0.717, 1.165) is 11.4 Å². The lowest BCUT2D eigenvalue weighted by atomic mass is 10.3. The van der Waals surface area contributed by atoms with Crippen molar-refractivity contribution in [2.24, 2.45) is 4.74 Å². The molecule has 0 radical (unpaired) electrons. The van der Waals surface area contributed by atoms with E-state index in [4.69, 9.17) is 9.83 Å². The molecule has 6 rings (SSSR count). The standard InChI is InChI=1S/C37H31N2P2/c1-7-19-32(20-8-1)38-40(34-23-11-3-12-24-34,35-25-13-4-14-26-35)31-41(36-27-15-5-16-28-36,37-29-17-6-18-30-37)39-33-21-9-2-10-22-33/h1-31H/q-1. The third kappa shape index (κ3) is 5.77. The van der Waals surface area contributed by atoms with Crippen LogP contribution in [0.5, 0.6) is 0 Å². The molecule has 6 aromatic carbocycles. The second kappa shape index (κ2) is 12.4. The third-order valence-electron chi connectivity index (χ3n) is 6.99. The minimum absolute atomic E-state index is 0.962. The zero-order chi connectivity index (χ0) is 27.8. The highest BCUT2D eigenvalue weighted by atomic mass is 31.2. The average Bonchev–Trinajstić information content (AvgIpc) is 3.06. The van der Waals surface area contributed by atoms with Crippen molar-refractivity contribution in [1.29, 1.82) is 0 Å². The van der Waals surface area contributed by atoms with Crippen LogP contribution >= 0.6 is 14.1 Å². The Bertz CT molecular complexity index is 1700. The maximum atomic E-state index is 5.73. The van der Waals surface area contributed by atoms with Crippen LogP contribution in [0.1, 0.15) is 0 Å². The summed E-state index contributed by atoms with van der Waals surface area (Å²) in [5, 5.41) is 10.5. The van der Waals surface area contributed by atoms with E-state index in [9.17, 15) is 0 Å². The minimum atomic E-state index is -2.56. The van der Waals surface area contributed by atoms with Gasteiger partial charge in [-0.3, -0.25) is 4.74 Å². The molecule has 2 nitrogen and oxygen atoms in total. The lowest BCUT2D eigenvalue weighted by molar-refractivity contribution is 1.56. The van der Waals surface area contributed by atoms with Gasteiger partial charge in [0.1, 0.15) is 0 Å². The van der Waals surface area contributed by atoms with Crippen molar-refractivity contribution in [3.05, 3.63) is 187 Å². The summed E-state index contributed by atoms with van der Waals surface area (Å²) in [4.78, 5) is 0. The van der Waals surface area contributed by atoms with Gasteiger partial charge in [0.25, 0.3) is 0 Å². The fourth-order valence-electron chi connectivity index (χ4n) is 5.06. The zero-order valence-corrected chi connectivity index (χ0v) is 24.5. The Labute approximate surface area is 243 Å². The van der Waals surface area contributed by atoms with Gasteiger partial charge in [0, 0.05) is 10.6 Å². The van der Waals surface area contributed by atoms with Gasteiger partial charge in [-0.1, -0.05) is 170 Å². The molecule has 0 unspecified atom stereocenters. The molecule has 0 saturated carbocycles. The molecular formula is C37H31N2P2-. The van der Waals surface area contributed by atoms with E-state index in [0.29, 0.717) is 0 Å². The number of hydrogen-bond donors (Lipinski definition) is 0. The molecule has 6 aromatic rings. The largest absolute Gasteiger partial charge is 0.652 e. The second-order valence-corrected chi connectivity index (χ2v) is 15.8. The molecule has 0 aliphatic heterocycles. The van der Waals surface area contributed by atoms with Gasteiger partial charge in [-0.25, -0.2) is 0 Å². The summed E-state index contributed by atoms with van der Waals surface area (Å²) >= 11 is 0. The highest BCUT2D eigenvalue weighted by molar-refractivity contribution is 8.09. The number of benzene rings is 6. The summed E-state index contributed by atoms with van der Waals surface area (Å²) in [7, 11) is -5.11. The van der Waals surface area contributed by atoms with E-state index in [-0.39, 0.29) is 0 Å². The maximum absolute atomic E-state index is 5.73. The molecule has 4 heteroatoms. The Morgan fingerprint density at radius 1 is 0.390 bits per heavy atom. The highest BCUT2D eigenvalue weighted by Crippen LogP contribution is 2.63. The zero-order valence-electron chi connectivity index (χ0n) is 22.7. The second-order valence-electron chi connectivity index (χ2n) is 9.70. The molecule has 0 saturated heterocycles. The summed E-state index contributed by atoms with van der Waals surface area (Å²) in [6, 6.07) is 64.0. The molecule has 0 bridgehead atoms. The molecule has 0 fully saturated rings. The Kier molecular flexibility index (Phi) is 8.15. The lowest BCUT2D eigenvalue weighted by Gasteiger charge is -2.44. The van der Waals surface area contributed by atoms with E-state index in [1.54, 1.807) is 0 Å². The molecule has 0 aromatic heterocycles. The molecule has 0 spiro atoms. The van der Waals surface area contributed by atoms with Crippen LogP contribution in [0.4, 0.5) is 11.4 Å². The first-order valence-corrected chi connectivity index (χ1v) is 17.3. The van der Waals surface area contributed by atoms with Crippen LogP contribution in [0.2, 0.25) is 0 Å². The van der Waals surface area contributed by atoms with E-state index >= 15 is 0 Å². The van der Waals surface area contributed by atoms with Crippen molar-refractivity contribution in [1.82, 2.24) is 0 Å². The van der Waals surface area contributed by atoms with Crippen molar-refractivity contribution in [3.8, 4) is 0 Å². The van der Waals surface area contributed by atoms with Crippen molar-refractivity contribution >= 4 is 52.2 Å². The molecule has 0 N–H and O–H groups in total. The van der Waals surface area contributed by atoms with Crippen LogP contribution in [0.15, 0.2) is 187 Å². The number of rotatable bonds is 8. The summed E-state index contributed by atoms with van der Waals surface area (Å²) in [6.45, 7) is 0. The molecule has 0 atom stereocenters. The quantitative estimate of drug-likeness (QED) is 0.165. The first-order valence-electron chi connectivity index (χ1n) is 13.7. The van der Waals surface area contributed by atoms with E-state index in [1.807, 2.05) is 12.1 Å². The Morgan fingerprint density at radius 3 is 1.15 bits per heavy atom. The van der Waals surface area contributed by atoms with Crippen LogP contribution in [0.3, 0.4) is 0 Å². The van der Waals surface area contributed by atoms with Gasteiger partial charge in [-0.15, -0.1) is 12.7 Å². The van der Waals surface area contributed by atoms with Gasteiger partial charge in [0.15, 0.2) is 0 Å². The number of hydrogen-bond acceptors (Lipinski definition) is 1. The summed E-state index contributed by atoms with van der Waals surface area (Å²) in [6.07, 6.45) is 0. The average molecular weight is 566 g/mol. The summed E-state index contributed by atoms with van der Waals surface area (Å²) in [5.41, 5.74) is 4.49. The Balaban J connectivity index is 1.83. The van der Waals surface area contributed by atoms with Crippen molar-refractivity contribution in [2.75, 3.05) is 0 Å². The highest BCUT2D eigenvalue weighted by Gasteiger charge is 2.27. The fraction of sp³-hybridized carbons (Fsp3) is 0. The SMILES string of the molecule is C(=P([N-]c1ccccc1)(c1ccccc1)c1ccccc1)P(=Nc1ccccc1)(c1ccccc1)c1ccccc1. The molecule has 41 heavy (non-hydrogen) atoms. The van der Waals surface area contributed by atoms with Gasteiger partial charge in [-0.2, -0.15) is 0 Å². The van der Waals surface area contributed by atoms with Crippen LogP contribution in [0, 0.1) is 0 Å². The monoisotopic (exact) mass is 565 g/mol. The van der Waals surface area contributed by atoms with Crippen LogP contribution in [-0.4, -0.2) is 5.54 Å². The van der Waals surface area contributed by atoms with E-state index in [2.05, 4.69) is 175 Å². The first-order chi connectivity index (χ1) is 20.3. The van der Waals surface area contributed by atoms with Crippen LogP contribution in [0.25, 0.3) is 5.09 Å². The Hall–Kier alpha value is -4.35. The van der Waals surface area contributed by atoms with Gasteiger partial charge in [-0.05, 0) is 28.3 Å². The van der Waals surface area contributed by atoms with E-state index < -0.39 is 14.1 Å². The predicted molar refractivity (Wildman–Crippen MR) is 182 cm³/mol. The summed E-state index contributed by atoms with van der Waals surface area (Å²) in [5.74, 6) is 0. The topological polar surface area (TPSA) is 26.5 Å². The first kappa shape index (κ1) is 26.9. The van der Waals surface area contributed by atoms with Crippen LogP contribution in [-0.2, 0) is 0 Å². The third-order valence-corrected chi connectivity index (χ3v) is 15.1. The Morgan fingerprint density at radius 2 is 0.732 bits per heavy atom. The molecule has 0 aliphatic carbocycles. The van der Waals surface area contributed by atoms with Gasteiger partial charge in [0.2, 0.25) is 0 Å². The fourth-order valence-corrected chi connectivity index (χ4v) is 14.1. The normalized spacial score (nSPS) is 11.4. The molecule has 0 amide bonds. The minimum Gasteiger partial charge on any atom is -0.652 e. The van der Waals surface area contributed by atoms with Crippen LogP contribution < -0.4 is 21.2 Å². The van der Waals surface area contributed by atoms with E-state index in [1.165, 1.54) is 21.2 Å². The summed E-state index contributed by atoms with van der Waals surface area (Å²) < 4.78 is 5.73. The smallest absolute Gasteiger partial charge is 0.0625 e. The number of nitrogens with zero attached hydrogens (tertiary/aromatic N) is 2. The van der Waals surface area contributed by atoms with Gasteiger partial charge >= 0.3 is 0 Å². The van der Waals surface area contributed by atoms with Crippen molar-refractivity contribution < 1.29 is 0 Å². The lowest BCUT2D eigenvalue weighted by Crippen LogP contribution is -2.22. The molecular weight excluding hydrogens is 534 g/mol. The predicted octanol–water partition coefficient (Wildman–Crippen LogP) is 9.22. The molecule has 0 aliphatic rings. The maximum Gasteiger partial charge on any atom is 0.0625 e.